The topological polar surface area (TPSA) is 55.4 Å². The van der Waals surface area contributed by atoms with Crippen molar-refractivity contribution in [3.8, 4) is 0 Å². The van der Waals surface area contributed by atoms with E-state index < -0.39 is 36.0 Å². The van der Waals surface area contributed by atoms with E-state index in [2.05, 4.69) is 5.32 Å². The molecule has 1 amide bonds. The van der Waals surface area contributed by atoms with Crippen LogP contribution in [0.1, 0.15) is 21.5 Å². The van der Waals surface area contributed by atoms with Gasteiger partial charge >= 0.3 is 12.1 Å². The van der Waals surface area contributed by atoms with E-state index in [9.17, 15) is 27.2 Å². The van der Waals surface area contributed by atoms with Gasteiger partial charge in [0.2, 0.25) is 0 Å². The Hall–Kier alpha value is -2.90. The quantitative estimate of drug-likeness (QED) is 0.661. The average molecular weight is 355 g/mol. The van der Waals surface area contributed by atoms with Gasteiger partial charge in [0.25, 0.3) is 5.91 Å². The summed E-state index contributed by atoms with van der Waals surface area (Å²) in [6.07, 6.45) is -4.50. The van der Waals surface area contributed by atoms with E-state index in [1.54, 1.807) is 0 Å². The highest BCUT2D eigenvalue weighted by molar-refractivity contribution is 5.91. The first-order chi connectivity index (χ1) is 11.8. The summed E-state index contributed by atoms with van der Waals surface area (Å²) in [6.45, 7) is -0.460. The molecule has 4 nitrogen and oxygen atoms in total. The van der Waals surface area contributed by atoms with E-state index in [1.807, 2.05) is 0 Å². The highest BCUT2D eigenvalue weighted by Crippen LogP contribution is 2.29. The maximum Gasteiger partial charge on any atom is 0.416 e. The molecule has 0 saturated carbocycles. The van der Waals surface area contributed by atoms with Gasteiger partial charge in [-0.25, -0.2) is 9.18 Å². The van der Waals surface area contributed by atoms with Gasteiger partial charge in [0.15, 0.2) is 6.61 Å². The second kappa shape index (κ2) is 7.78. The lowest BCUT2D eigenvalue weighted by Crippen LogP contribution is -2.28. The summed E-state index contributed by atoms with van der Waals surface area (Å²) in [5.74, 6) is -1.91. The Morgan fingerprint density at radius 2 is 1.56 bits per heavy atom. The Labute approximate surface area is 140 Å². The molecule has 0 spiro atoms. The van der Waals surface area contributed by atoms with Crippen LogP contribution in [0.2, 0.25) is 0 Å². The molecule has 0 saturated heterocycles. The van der Waals surface area contributed by atoms with Gasteiger partial charge in [0, 0.05) is 6.54 Å². The predicted octanol–water partition coefficient (Wildman–Crippen LogP) is 3.32. The van der Waals surface area contributed by atoms with Crippen molar-refractivity contribution < 1.29 is 31.9 Å². The Kier molecular flexibility index (Phi) is 5.74. The number of esters is 1. The van der Waals surface area contributed by atoms with Gasteiger partial charge in [-0.2, -0.15) is 13.2 Å². The van der Waals surface area contributed by atoms with Crippen LogP contribution in [0.3, 0.4) is 0 Å². The number of ether oxygens (including phenoxy) is 1. The summed E-state index contributed by atoms with van der Waals surface area (Å²) in [7, 11) is 0. The van der Waals surface area contributed by atoms with Crippen molar-refractivity contribution >= 4 is 11.9 Å². The number of halogens is 4. The van der Waals surface area contributed by atoms with Crippen LogP contribution >= 0.6 is 0 Å². The van der Waals surface area contributed by atoms with Crippen LogP contribution in [0.15, 0.2) is 48.5 Å². The third kappa shape index (κ3) is 5.59. The molecular weight excluding hydrogens is 342 g/mol. The summed E-state index contributed by atoms with van der Waals surface area (Å²) in [5, 5.41) is 2.47. The maximum absolute atomic E-state index is 12.7. The van der Waals surface area contributed by atoms with Crippen molar-refractivity contribution in [2.24, 2.45) is 0 Å². The highest BCUT2D eigenvalue weighted by Gasteiger charge is 2.30. The summed E-state index contributed by atoms with van der Waals surface area (Å²) in [5.41, 5.74) is -0.329. The Balaban J connectivity index is 1.80. The van der Waals surface area contributed by atoms with E-state index in [4.69, 9.17) is 4.74 Å². The van der Waals surface area contributed by atoms with Crippen molar-refractivity contribution in [3.63, 3.8) is 0 Å². The first-order valence-corrected chi connectivity index (χ1v) is 7.11. The van der Waals surface area contributed by atoms with Gasteiger partial charge in [0.1, 0.15) is 5.82 Å². The van der Waals surface area contributed by atoms with Gasteiger partial charge in [0.05, 0.1) is 11.1 Å². The fraction of sp³-hybridized carbons (Fsp3) is 0.176. The normalized spacial score (nSPS) is 11.0. The van der Waals surface area contributed by atoms with Crippen molar-refractivity contribution in [1.82, 2.24) is 5.32 Å². The molecule has 0 aromatic heterocycles. The van der Waals surface area contributed by atoms with Crippen LogP contribution in [0.5, 0.6) is 0 Å². The molecule has 1 N–H and O–H groups in total. The zero-order valence-electron chi connectivity index (χ0n) is 12.8. The molecule has 0 aliphatic carbocycles. The van der Waals surface area contributed by atoms with Gasteiger partial charge < -0.3 is 10.1 Å². The number of nitrogens with one attached hydrogen (secondary N) is 1. The molecule has 0 bridgehead atoms. The van der Waals surface area contributed by atoms with E-state index in [-0.39, 0.29) is 12.1 Å². The molecule has 2 aromatic rings. The van der Waals surface area contributed by atoms with Crippen molar-refractivity contribution in [2.45, 2.75) is 12.7 Å². The van der Waals surface area contributed by atoms with E-state index >= 15 is 0 Å². The Bertz CT molecular complexity index is 740. The van der Waals surface area contributed by atoms with Crippen LogP contribution in [0.4, 0.5) is 17.6 Å². The lowest BCUT2D eigenvalue weighted by Gasteiger charge is -2.08. The number of rotatable bonds is 5. The lowest BCUT2D eigenvalue weighted by atomic mass is 10.1. The molecule has 0 unspecified atom stereocenters. The van der Waals surface area contributed by atoms with Gasteiger partial charge in [-0.05, 0) is 42.0 Å². The zero-order valence-corrected chi connectivity index (χ0v) is 12.8. The average Bonchev–Trinajstić information content (AvgIpc) is 2.58. The molecule has 2 aromatic carbocycles. The minimum Gasteiger partial charge on any atom is -0.452 e. The number of hydrogen-bond acceptors (Lipinski definition) is 3. The molecule has 0 radical (unpaired) electrons. The number of benzene rings is 2. The Morgan fingerprint density at radius 1 is 0.960 bits per heavy atom. The van der Waals surface area contributed by atoms with E-state index in [0.717, 1.165) is 24.3 Å². The molecule has 0 atom stereocenters. The fourth-order valence-corrected chi connectivity index (χ4v) is 1.86. The molecule has 25 heavy (non-hydrogen) atoms. The fourth-order valence-electron chi connectivity index (χ4n) is 1.86. The number of alkyl halides is 3. The number of carbonyl (C=O) groups is 2. The molecule has 0 aliphatic heterocycles. The molecule has 8 heteroatoms. The smallest absolute Gasteiger partial charge is 0.416 e. The summed E-state index contributed by atoms with van der Waals surface area (Å²) in [6, 6.07) is 8.92. The molecule has 2 rings (SSSR count). The van der Waals surface area contributed by atoms with Gasteiger partial charge in [-0.1, -0.05) is 12.1 Å². The third-order valence-corrected chi connectivity index (χ3v) is 3.19. The first kappa shape index (κ1) is 18.4. The first-order valence-electron chi connectivity index (χ1n) is 7.11. The molecule has 0 fully saturated rings. The van der Waals surface area contributed by atoms with E-state index in [1.165, 1.54) is 24.3 Å². The molecule has 0 aliphatic rings. The maximum atomic E-state index is 12.7. The number of carbonyl (C=O) groups excluding carboxylic acids is 2. The molecule has 132 valence electrons. The molecular formula is C17H13F4NO3. The van der Waals surface area contributed by atoms with E-state index in [0.29, 0.717) is 5.56 Å². The molecule has 0 heterocycles. The lowest BCUT2D eigenvalue weighted by molar-refractivity contribution is -0.137. The monoisotopic (exact) mass is 355 g/mol. The van der Waals surface area contributed by atoms with Crippen molar-refractivity contribution in [2.75, 3.05) is 6.61 Å². The van der Waals surface area contributed by atoms with Crippen molar-refractivity contribution in [1.29, 1.82) is 0 Å². The largest absolute Gasteiger partial charge is 0.452 e. The van der Waals surface area contributed by atoms with Crippen LogP contribution in [0.25, 0.3) is 0 Å². The van der Waals surface area contributed by atoms with Gasteiger partial charge in [-0.15, -0.1) is 0 Å². The second-order valence-electron chi connectivity index (χ2n) is 5.05. The number of hydrogen-bond donors (Lipinski definition) is 1. The Morgan fingerprint density at radius 3 is 2.12 bits per heavy atom. The van der Waals surface area contributed by atoms with Crippen molar-refractivity contribution in [3.05, 3.63) is 71.0 Å². The SMILES string of the molecule is O=C(COC(=O)c1ccc(C(F)(F)F)cc1)NCc1ccc(F)cc1. The second-order valence-corrected chi connectivity index (χ2v) is 5.05. The number of amides is 1. The summed E-state index contributed by atoms with van der Waals surface area (Å²) < 4.78 is 54.8. The standard InChI is InChI=1S/C17H13F4NO3/c18-14-7-1-11(2-8-14)9-22-15(23)10-25-16(24)12-3-5-13(6-4-12)17(19,20)21/h1-8H,9-10H2,(H,22,23). The predicted molar refractivity (Wildman–Crippen MR) is 80.0 cm³/mol. The van der Waals surface area contributed by atoms with Crippen LogP contribution < -0.4 is 5.32 Å². The summed E-state index contributed by atoms with van der Waals surface area (Å²) >= 11 is 0. The van der Waals surface area contributed by atoms with Gasteiger partial charge in [-0.3, -0.25) is 4.79 Å². The third-order valence-electron chi connectivity index (χ3n) is 3.19. The summed E-state index contributed by atoms with van der Waals surface area (Å²) in [4.78, 5) is 23.3. The van der Waals surface area contributed by atoms with Crippen LogP contribution in [-0.2, 0) is 22.3 Å². The van der Waals surface area contributed by atoms with Crippen LogP contribution in [-0.4, -0.2) is 18.5 Å². The van der Waals surface area contributed by atoms with Crippen LogP contribution in [0, 0.1) is 5.82 Å². The minimum absolute atomic E-state index is 0.0978. The zero-order chi connectivity index (χ0) is 18.4. The highest BCUT2D eigenvalue weighted by atomic mass is 19.4. The minimum atomic E-state index is -4.50.